The monoisotopic (exact) mass is 404 g/mol. The van der Waals surface area contributed by atoms with Gasteiger partial charge in [-0.05, 0) is 44.0 Å². The van der Waals surface area contributed by atoms with Crippen molar-refractivity contribution in [3.05, 3.63) is 41.7 Å². The van der Waals surface area contributed by atoms with E-state index in [9.17, 15) is 0 Å². The number of para-hydroxylation sites is 1. The number of fused-ring (bicyclic) bond motifs is 2. The first kappa shape index (κ1) is 19.1. The molecule has 0 saturated carbocycles. The van der Waals surface area contributed by atoms with Crippen LogP contribution in [0.25, 0.3) is 10.9 Å². The lowest BCUT2D eigenvalue weighted by Gasteiger charge is -2.29. The Hall–Kier alpha value is -2.93. The number of nitrogens with zero attached hydrogens (tertiary/aromatic N) is 5. The number of aromatic nitrogens is 3. The zero-order valence-electron chi connectivity index (χ0n) is 17.7. The lowest BCUT2D eigenvalue weighted by atomic mass is 10.1. The Balaban J connectivity index is 1.50. The van der Waals surface area contributed by atoms with E-state index in [-0.39, 0.29) is 0 Å². The van der Waals surface area contributed by atoms with E-state index in [0.717, 1.165) is 54.9 Å². The third kappa shape index (κ3) is 3.65. The van der Waals surface area contributed by atoms with Gasteiger partial charge in [0.25, 0.3) is 0 Å². The predicted octanol–water partition coefficient (Wildman–Crippen LogP) is 3.76. The number of ether oxygens (including phenoxy) is 1. The minimum atomic E-state index is 0.566. The third-order valence-electron chi connectivity index (χ3n) is 6.05. The van der Waals surface area contributed by atoms with Gasteiger partial charge in [0, 0.05) is 44.2 Å². The molecule has 0 radical (unpaired) electrons. The zero-order valence-corrected chi connectivity index (χ0v) is 17.7. The molecule has 0 unspecified atom stereocenters. The van der Waals surface area contributed by atoms with E-state index >= 15 is 0 Å². The molecule has 3 aromatic rings. The van der Waals surface area contributed by atoms with Gasteiger partial charge in [0.1, 0.15) is 5.69 Å². The molecule has 1 aromatic carbocycles. The normalized spacial score (nSPS) is 17.1. The zero-order chi connectivity index (χ0) is 20.5. The van der Waals surface area contributed by atoms with Gasteiger partial charge in [0.05, 0.1) is 24.0 Å². The van der Waals surface area contributed by atoms with Crippen molar-refractivity contribution in [1.29, 1.82) is 0 Å². The van der Waals surface area contributed by atoms with Crippen molar-refractivity contribution in [2.24, 2.45) is 0 Å². The van der Waals surface area contributed by atoms with Gasteiger partial charge in [-0.1, -0.05) is 12.1 Å². The number of rotatable bonds is 4. The summed E-state index contributed by atoms with van der Waals surface area (Å²) in [5.74, 6) is 1.16. The van der Waals surface area contributed by atoms with Crippen LogP contribution in [0.15, 0.2) is 30.5 Å². The molecule has 2 aromatic heterocycles. The van der Waals surface area contributed by atoms with Crippen molar-refractivity contribution in [2.75, 3.05) is 44.0 Å². The molecule has 0 amide bonds. The van der Waals surface area contributed by atoms with Crippen LogP contribution in [0.1, 0.15) is 30.5 Å². The minimum Gasteiger partial charge on any atom is -0.480 e. The second kappa shape index (κ2) is 8.07. The Bertz CT molecular complexity index is 1060. The Kier molecular flexibility index (Phi) is 5.12. The summed E-state index contributed by atoms with van der Waals surface area (Å²) in [6.07, 6.45) is 6.61. The first-order valence-electron chi connectivity index (χ1n) is 10.7. The van der Waals surface area contributed by atoms with Crippen LogP contribution in [0.3, 0.4) is 0 Å². The molecule has 0 aliphatic carbocycles. The maximum absolute atomic E-state index is 5.57. The fraction of sp³-hybridized carbons (Fsp3) is 0.435. The Morgan fingerprint density at radius 2 is 1.93 bits per heavy atom. The molecule has 7 nitrogen and oxygen atoms in total. The number of anilines is 3. The average Bonchev–Trinajstić information content (AvgIpc) is 2.78. The van der Waals surface area contributed by atoms with E-state index < -0.39 is 0 Å². The van der Waals surface area contributed by atoms with Crippen LogP contribution >= 0.6 is 0 Å². The molecule has 4 heterocycles. The molecule has 30 heavy (non-hydrogen) atoms. The SMILES string of the molecule is COc1nc2c(cc1Nc1ncc3cccc(N4CCCCC4)c3n1)CN(C)CC2. The van der Waals surface area contributed by atoms with Gasteiger partial charge in [0.2, 0.25) is 11.8 Å². The highest BCUT2D eigenvalue weighted by atomic mass is 16.5. The summed E-state index contributed by atoms with van der Waals surface area (Å²) in [5, 5.41) is 4.42. The molecule has 2 aliphatic rings. The lowest BCUT2D eigenvalue weighted by Crippen LogP contribution is -2.29. The van der Waals surface area contributed by atoms with E-state index in [2.05, 4.69) is 51.4 Å². The highest BCUT2D eigenvalue weighted by Gasteiger charge is 2.19. The van der Waals surface area contributed by atoms with Crippen LogP contribution in [0.4, 0.5) is 17.3 Å². The summed E-state index contributed by atoms with van der Waals surface area (Å²) in [6.45, 7) is 4.08. The minimum absolute atomic E-state index is 0.566. The van der Waals surface area contributed by atoms with Crippen molar-refractivity contribution < 1.29 is 4.74 Å². The second-order valence-electron chi connectivity index (χ2n) is 8.22. The fourth-order valence-electron chi connectivity index (χ4n) is 4.45. The molecule has 1 N–H and O–H groups in total. The Labute approximate surface area is 177 Å². The topological polar surface area (TPSA) is 66.4 Å². The van der Waals surface area contributed by atoms with Crippen molar-refractivity contribution in [2.45, 2.75) is 32.2 Å². The molecule has 0 spiro atoms. The number of pyridine rings is 1. The van der Waals surface area contributed by atoms with Gasteiger partial charge in [-0.25, -0.2) is 15.0 Å². The molecule has 0 bridgehead atoms. The summed E-state index contributed by atoms with van der Waals surface area (Å²) >= 11 is 0. The van der Waals surface area contributed by atoms with Crippen molar-refractivity contribution in [3.8, 4) is 5.88 Å². The van der Waals surface area contributed by atoms with Gasteiger partial charge in [-0.15, -0.1) is 0 Å². The molecular weight excluding hydrogens is 376 g/mol. The molecule has 2 aliphatic heterocycles. The van der Waals surface area contributed by atoms with Gasteiger partial charge >= 0.3 is 0 Å². The predicted molar refractivity (Wildman–Crippen MR) is 120 cm³/mol. The van der Waals surface area contributed by atoms with E-state index in [0.29, 0.717) is 11.8 Å². The number of likely N-dealkylation sites (N-methyl/N-ethyl adjacent to an activating group) is 1. The second-order valence-corrected chi connectivity index (χ2v) is 8.22. The van der Waals surface area contributed by atoms with Crippen molar-refractivity contribution >= 4 is 28.2 Å². The van der Waals surface area contributed by atoms with Gasteiger partial charge < -0.3 is 19.9 Å². The quantitative estimate of drug-likeness (QED) is 0.710. The number of hydrogen-bond acceptors (Lipinski definition) is 7. The maximum atomic E-state index is 5.57. The van der Waals surface area contributed by atoms with E-state index in [4.69, 9.17) is 14.7 Å². The van der Waals surface area contributed by atoms with Crippen LogP contribution in [-0.4, -0.2) is 53.6 Å². The standard InChI is InChI=1S/C23H28N6O/c1-28-12-9-18-17(15-28)13-19(22(25-18)30-2)26-23-24-14-16-7-6-8-20(21(16)27-23)29-10-4-3-5-11-29/h6-8,13-14H,3-5,9-12,15H2,1-2H3,(H,24,26,27). The molecule has 7 heteroatoms. The molecule has 156 valence electrons. The van der Waals surface area contributed by atoms with E-state index in [1.807, 2.05) is 6.20 Å². The molecular formula is C23H28N6O. The third-order valence-corrected chi connectivity index (χ3v) is 6.05. The number of benzene rings is 1. The Morgan fingerprint density at radius 3 is 2.77 bits per heavy atom. The number of piperidine rings is 1. The Morgan fingerprint density at radius 1 is 1.07 bits per heavy atom. The molecule has 1 fully saturated rings. The van der Waals surface area contributed by atoms with Crippen LogP contribution < -0.4 is 15.0 Å². The summed E-state index contributed by atoms with van der Waals surface area (Å²) < 4.78 is 5.57. The fourth-order valence-corrected chi connectivity index (χ4v) is 4.45. The van der Waals surface area contributed by atoms with Crippen molar-refractivity contribution in [3.63, 3.8) is 0 Å². The lowest BCUT2D eigenvalue weighted by molar-refractivity contribution is 0.307. The number of nitrogens with one attached hydrogen (secondary N) is 1. The highest BCUT2D eigenvalue weighted by Crippen LogP contribution is 2.32. The van der Waals surface area contributed by atoms with E-state index in [1.165, 1.54) is 30.5 Å². The first-order chi connectivity index (χ1) is 14.7. The van der Waals surface area contributed by atoms with Crippen molar-refractivity contribution in [1.82, 2.24) is 19.9 Å². The number of methoxy groups -OCH3 is 1. The largest absolute Gasteiger partial charge is 0.480 e. The molecule has 5 rings (SSSR count). The van der Waals surface area contributed by atoms with Crippen LogP contribution in [-0.2, 0) is 13.0 Å². The summed E-state index contributed by atoms with van der Waals surface area (Å²) in [6, 6.07) is 8.46. The number of hydrogen-bond donors (Lipinski definition) is 1. The van der Waals surface area contributed by atoms with Crippen LogP contribution in [0, 0.1) is 0 Å². The summed E-state index contributed by atoms with van der Waals surface area (Å²) in [4.78, 5) is 18.9. The molecule has 0 atom stereocenters. The first-order valence-corrected chi connectivity index (χ1v) is 10.7. The maximum Gasteiger partial charge on any atom is 0.237 e. The van der Waals surface area contributed by atoms with Crippen LogP contribution in [0.2, 0.25) is 0 Å². The average molecular weight is 405 g/mol. The smallest absolute Gasteiger partial charge is 0.237 e. The molecule has 1 saturated heterocycles. The van der Waals surface area contributed by atoms with Gasteiger partial charge in [-0.2, -0.15) is 0 Å². The van der Waals surface area contributed by atoms with E-state index in [1.54, 1.807) is 7.11 Å². The van der Waals surface area contributed by atoms with Crippen LogP contribution in [0.5, 0.6) is 5.88 Å². The van der Waals surface area contributed by atoms with Gasteiger partial charge in [0.15, 0.2) is 0 Å². The highest BCUT2D eigenvalue weighted by molar-refractivity contribution is 5.91. The summed E-state index contributed by atoms with van der Waals surface area (Å²) in [7, 11) is 3.79. The summed E-state index contributed by atoms with van der Waals surface area (Å²) in [5.41, 5.74) is 5.32. The van der Waals surface area contributed by atoms with Gasteiger partial charge in [-0.3, -0.25) is 0 Å².